The van der Waals surface area contributed by atoms with Gasteiger partial charge in [-0.1, -0.05) is 30.3 Å². The molecule has 1 aliphatic rings. The van der Waals surface area contributed by atoms with Gasteiger partial charge in [-0.05, 0) is 67.4 Å². The Kier molecular flexibility index (Phi) is 6.27. The summed E-state index contributed by atoms with van der Waals surface area (Å²) in [5, 5.41) is 2.92. The van der Waals surface area contributed by atoms with Gasteiger partial charge in [-0.3, -0.25) is 19.3 Å². The number of carbonyl (C=O) groups is 3. The van der Waals surface area contributed by atoms with E-state index >= 15 is 0 Å². The molecule has 1 atom stereocenters. The first-order chi connectivity index (χ1) is 15.8. The fourth-order valence-electron chi connectivity index (χ4n) is 4.15. The minimum atomic E-state index is -0.421. The number of nitrogens with zero attached hydrogens (tertiary/aromatic N) is 2. The number of benzene rings is 3. The Balaban J connectivity index is 1.45. The van der Waals surface area contributed by atoms with Crippen LogP contribution in [0.4, 0.5) is 22.7 Å². The second-order valence-corrected chi connectivity index (χ2v) is 8.42. The molecule has 3 aromatic rings. The zero-order valence-electron chi connectivity index (χ0n) is 19.0. The van der Waals surface area contributed by atoms with Gasteiger partial charge < -0.3 is 10.2 Å². The lowest BCUT2D eigenvalue weighted by Crippen LogP contribution is -2.28. The molecule has 1 unspecified atom stereocenters. The third-order valence-electron chi connectivity index (χ3n) is 5.87. The Morgan fingerprint density at radius 3 is 2.27 bits per heavy atom. The number of rotatable bonds is 5. The molecule has 1 N–H and O–H groups in total. The first-order valence-corrected chi connectivity index (χ1v) is 11.0. The zero-order chi connectivity index (χ0) is 23.5. The molecule has 0 bridgehead atoms. The van der Waals surface area contributed by atoms with Gasteiger partial charge in [0.2, 0.25) is 17.7 Å². The molecule has 3 amide bonds. The van der Waals surface area contributed by atoms with E-state index in [4.69, 9.17) is 0 Å². The standard InChI is InChI=1S/C27H27N3O3/c1-18-9-10-19(2)25(15-18)29-17-21(16-26(29)32)27(33)28-22-11-13-24(14-12-22)30(20(3)31)23-7-5-4-6-8-23/h4-15,21H,16-17H2,1-3H3,(H,28,33). The van der Waals surface area contributed by atoms with Gasteiger partial charge in [0.25, 0.3) is 0 Å². The van der Waals surface area contributed by atoms with Gasteiger partial charge in [-0.25, -0.2) is 0 Å². The first-order valence-electron chi connectivity index (χ1n) is 11.0. The summed E-state index contributed by atoms with van der Waals surface area (Å²) in [5.74, 6) is -0.751. The third kappa shape index (κ3) is 4.80. The molecule has 0 spiro atoms. The predicted octanol–water partition coefficient (Wildman–Crippen LogP) is 4.98. The molecule has 1 fully saturated rings. The number of hydrogen-bond donors (Lipinski definition) is 1. The highest BCUT2D eigenvalue weighted by molar-refractivity contribution is 6.04. The fraction of sp³-hybridized carbons (Fsp3) is 0.222. The van der Waals surface area contributed by atoms with E-state index < -0.39 is 5.92 Å². The Morgan fingerprint density at radius 2 is 1.61 bits per heavy atom. The summed E-state index contributed by atoms with van der Waals surface area (Å²) in [4.78, 5) is 41.1. The molecule has 0 aromatic heterocycles. The molecule has 0 aliphatic carbocycles. The van der Waals surface area contributed by atoms with Crippen molar-refractivity contribution < 1.29 is 14.4 Å². The van der Waals surface area contributed by atoms with Crippen molar-refractivity contribution in [1.29, 1.82) is 0 Å². The fourth-order valence-corrected chi connectivity index (χ4v) is 4.15. The van der Waals surface area contributed by atoms with Crippen LogP contribution in [0.25, 0.3) is 0 Å². The van der Waals surface area contributed by atoms with Crippen molar-refractivity contribution in [1.82, 2.24) is 0 Å². The monoisotopic (exact) mass is 441 g/mol. The Morgan fingerprint density at radius 1 is 0.939 bits per heavy atom. The van der Waals surface area contributed by atoms with Gasteiger partial charge in [0, 0.05) is 42.6 Å². The molecule has 1 aliphatic heterocycles. The van der Waals surface area contributed by atoms with Crippen molar-refractivity contribution in [3.05, 3.63) is 83.9 Å². The average Bonchev–Trinajstić information content (AvgIpc) is 3.19. The highest BCUT2D eigenvalue weighted by Gasteiger charge is 2.35. The topological polar surface area (TPSA) is 69.7 Å². The first kappa shape index (κ1) is 22.3. The average molecular weight is 442 g/mol. The quantitative estimate of drug-likeness (QED) is 0.607. The minimum absolute atomic E-state index is 0.0424. The van der Waals surface area contributed by atoms with E-state index in [0.717, 1.165) is 22.5 Å². The lowest BCUT2D eigenvalue weighted by Gasteiger charge is -2.22. The smallest absolute Gasteiger partial charge is 0.229 e. The zero-order valence-corrected chi connectivity index (χ0v) is 19.0. The van der Waals surface area contributed by atoms with Crippen LogP contribution in [0.3, 0.4) is 0 Å². The van der Waals surface area contributed by atoms with Crippen LogP contribution in [0.1, 0.15) is 24.5 Å². The van der Waals surface area contributed by atoms with E-state index in [9.17, 15) is 14.4 Å². The molecule has 1 heterocycles. The number of para-hydroxylation sites is 1. The highest BCUT2D eigenvalue weighted by Crippen LogP contribution is 2.30. The van der Waals surface area contributed by atoms with Crippen LogP contribution in [0.2, 0.25) is 0 Å². The van der Waals surface area contributed by atoms with Crippen LogP contribution >= 0.6 is 0 Å². The Labute approximate surface area is 193 Å². The second kappa shape index (κ2) is 9.28. The van der Waals surface area contributed by atoms with E-state index in [1.165, 1.54) is 6.92 Å². The van der Waals surface area contributed by atoms with Crippen LogP contribution in [-0.4, -0.2) is 24.3 Å². The van der Waals surface area contributed by atoms with Crippen LogP contribution in [-0.2, 0) is 14.4 Å². The Bertz CT molecular complexity index is 1190. The van der Waals surface area contributed by atoms with Gasteiger partial charge in [0.15, 0.2) is 0 Å². The lowest BCUT2D eigenvalue weighted by atomic mass is 10.1. The summed E-state index contributed by atoms with van der Waals surface area (Å²) in [5.41, 5.74) is 5.06. The summed E-state index contributed by atoms with van der Waals surface area (Å²) in [6.07, 6.45) is 0.184. The van der Waals surface area contributed by atoms with Gasteiger partial charge >= 0.3 is 0 Å². The van der Waals surface area contributed by atoms with Crippen molar-refractivity contribution in [3.63, 3.8) is 0 Å². The van der Waals surface area contributed by atoms with E-state index in [-0.39, 0.29) is 24.1 Å². The van der Waals surface area contributed by atoms with E-state index in [0.29, 0.717) is 17.9 Å². The molecular weight excluding hydrogens is 414 g/mol. The predicted molar refractivity (Wildman–Crippen MR) is 131 cm³/mol. The van der Waals surface area contributed by atoms with E-state index in [2.05, 4.69) is 5.32 Å². The maximum absolute atomic E-state index is 12.9. The van der Waals surface area contributed by atoms with E-state index in [1.807, 2.05) is 62.4 Å². The maximum atomic E-state index is 12.9. The minimum Gasteiger partial charge on any atom is -0.326 e. The molecule has 0 saturated carbocycles. The number of carbonyl (C=O) groups excluding carboxylic acids is 3. The summed E-state index contributed by atoms with van der Waals surface area (Å²) in [6.45, 7) is 5.83. The van der Waals surface area contributed by atoms with Crippen LogP contribution in [0.5, 0.6) is 0 Å². The summed E-state index contributed by atoms with van der Waals surface area (Å²) in [7, 11) is 0. The van der Waals surface area contributed by atoms with Gasteiger partial charge in [0.1, 0.15) is 0 Å². The second-order valence-electron chi connectivity index (χ2n) is 8.42. The van der Waals surface area contributed by atoms with Crippen molar-refractivity contribution >= 4 is 40.5 Å². The number of anilines is 4. The van der Waals surface area contributed by atoms with Crippen LogP contribution in [0.15, 0.2) is 72.8 Å². The summed E-state index contributed by atoms with van der Waals surface area (Å²) in [6, 6.07) is 22.5. The van der Waals surface area contributed by atoms with Gasteiger partial charge in [0.05, 0.1) is 5.92 Å². The molecular formula is C27H27N3O3. The third-order valence-corrected chi connectivity index (χ3v) is 5.87. The molecule has 1 saturated heterocycles. The molecule has 3 aromatic carbocycles. The normalized spacial score (nSPS) is 15.4. The largest absolute Gasteiger partial charge is 0.326 e. The number of hydrogen-bond acceptors (Lipinski definition) is 3. The van der Waals surface area contributed by atoms with Gasteiger partial charge in [-0.2, -0.15) is 0 Å². The van der Waals surface area contributed by atoms with Crippen molar-refractivity contribution in [3.8, 4) is 0 Å². The molecule has 6 heteroatoms. The summed E-state index contributed by atoms with van der Waals surface area (Å²) < 4.78 is 0. The SMILES string of the molecule is CC(=O)N(c1ccccc1)c1ccc(NC(=O)C2CC(=O)N(c3cc(C)ccc3C)C2)cc1. The number of amides is 3. The van der Waals surface area contributed by atoms with Crippen molar-refractivity contribution in [2.45, 2.75) is 27.2 Å². The highest BCUT2D eigenvalue weighted by atomic mass is 16.2. The van der Waals surface area contributed by atoms with Crippen LogP contribution in [0, 0.1) is 19.8 Å². The Hall–Kier alpha value is -3.93. The molecule has 33 heavy (non-hydrogen) atoms. The lowest BCUT2D eigenvalue weighted by molar-refractivity contribution is -0.122. The molecule has 4 rings (SSSR count). The number of aryl methyl sites for hydroxylation is 2. The maximum Gasteiger partial charge on any atom is 0.229 e. The van der Waals surface area contributed by atoms with Crippen molar-refractivity contribution in [2.75, 3.05) is 21.7 Å². The molecule has 0 radical (unpaired) electrons. The van der Waals surface area contributed by atoms with Crippen molar-refractivity contribution in [2.24, 2.45) is 5.92 Å². The molecule has 168 valence electrons. The van der Waals surface area contributed by atoms with Gasteiger partial charge in [-0.15, -0.1) is 0 Å². The summed E-state index contributed by atoms with van der Waals surface area (Å²) >= 11 is 0. The van der Waals surface area contributed by atoms with E-state index in [1.54, 1.807) is 34.1 Å². The molecule has 6 nitrogen and oxygen atoms in total. The number of nitrogens with one attached hydrogen (secondary N) is 1. The van der Waals surface area contributed by atoms with Crippen LogP contribution < -0.4 is 15.1 Å².